The van der Waals surface area contributed by atoms with Crippen LogP contribution in [-0.2, 0) is 0 Å². The van der Waals surface area contributed by atoms with Gasteiger partial charge in [-0.1, -0.05) is 98.5 Å². The molecular weight excluding hydrogens is 416 g/mol. The Hall–Kier alpha value is -3.30. The van der Waals surface area contributed by atoms with Crippen molar-refractivity contribution in [2.45, 2.75) is 37.8 Å². The lowest BCUT2D eigenvalue weighted by atomic mass is 9.99. The van der Waals surface area contributed by atoms with Gasteiger partial charge in [-0.25, -0.2) is 0 Å². The molecule has 0 spiro atoms. The molecule has 33 heavy (non-hydrogen) atoms. The number of nitrogens with zero attached hydrogens (tertiary/aromatic N) is 2. The van der Waals surface area contributed by atoms with E-state index in [1.165, 1.54) is 80.4 Å². The predicted molar refractivity (Wildman–Crippen MR) is 143 cm³/mol. The normalized spacial score (nSPS) is 17.5. The summed E-state index contributed by atoms with van der Waals surface area (Å²) in [5.41, 5.74) is 9.27. The van der Waals surface area contributed by atoms with Crippen LogP contribution in [0.3, 0.4) is 0 Å². The highest BCUT2D eigenvalue weighted by Crippen LogP contribution is 2.51. The Kier molecular flexibility index (Phi) is 3.40. The highest BCUT2D eigenvalue weighted by Gasteiger charge is 2.38. The second kappa shape index (κ2) is 6.18. The maximum Gasteiger partial charge on any atom is 0.0685 e. The Morgan fingerprint density at radius 1 is 0.576 bits per heavy atom. The molecule has 0 radical (unpaired) electrons. The van der Waals surface area contributed by atoms with Crippen LogP contribution < -0.4 is 0 Å². The second-order valence-corrected chi connectivity index (χ2v) is 14.1. The van der Waals surface area contributed by atoms with Gasteiger partial charge in [-0.15, -0.1) is 12.1 Å². The SMILES string of the molecule is C[Si-]1(C2CCCC2)n2c3ccccc3c3cccc(c32)-c2cccc3c4ccccc4n1c23. The number of hydrogen-bond donors (Lipinski definition) is 0. The zero-order chi connectivity index (χ0) is 21.7. The van der Waals surface area contributed by atoms with Crippen molar-refractivity contribution < 1.29 is 0 Å². The molecule has 161 valence electrons. The zero-order valence-corrected chi connectivity index (χ0v) is 19.9. The largest absolute Gasteiger partial charge is 0.476 e. The first kappa shape index (κ1) is 18.2. The van der Waals surface area contributed by atoms with Gasteiger partial charge in [0, 0.05) is 54.7 Å². The molecule has 2 aromatic heterocycles. The van der Waals surface area contributed by atoms with E-state index < -0.39 is 8.40 Å². The van der Waals surface area contributed by atoms with Crippen LogP contribution in [0.1, 0.15) is 25.7 Å². The van der Waals surface area contributed by atoms with Gasteiger partial charge in [0.25, 0.3) is 0 Å². The van der Waals surface area contributed by atoms with E-state index >= 15 is 0 Å². The number of rotatable bonds is 1. The van der Waals surface area contributed by atoms with Crippen LogP contribution in [0.5, 0.6) is 0 Å². The molecule has 1 fully saturated rings. The summed E-state index contributed by atoms with van der Waals surface area (Å²) >= 11 is 0. The molecule has 3 heteroatoms. The highest BCUT2D eigenvalue weighted by atomic mass is 28.3. The fourth-order valence-electron chi connectivity index (χ4n) is 7.35. The molecule has 1 saturated carbocycles. The highest BCUT2D eigenvalue weighted by molar-refractivity contribution is 6.81. The van der Waals surface area contributed by atoms with Crippen molar-refractivity contribution in [1.82, 2.24) is 8.47 Å². The van der Waals surface area contributed by atoms with Crippen LogP contribution in [0.15, 0.2) is 84.9 Å². The summed E-state index contributed by atoms with van der Waals surface area (Å²) in [6, 6.07) is 32.2. The fourth-order valence-corrected chi connectivity index (χ4v) is 12.5. The Morgan fingerprint density at radius 2 is 1.03 bits per heavy atom. The van der Waals surface area contributed by atoms with Gasteiger partial charge < -0.3 is 8.47 Å². The summed E-state index contributed by atoms with van der Waals surface area (Å²) in [5.74, 6) is 0. The Morgan fingerprint density at radius 3 is 1.55 bits per heavy atom. The number of hydrogen-bond acceptors (Lipinski definition) is 0. The standard InChI is InChI=1S/C30H26N2Si/c1-33(20-10-2-3-11-20)31-27-18-6-4-12-21(27)23-14-8-16-25(29(23)31)26-17-9-15-24-22-13-5-7-19-28(22)32(33)30(24)26/h4-9,12-20H,2-3,10-11H2,1H3/q-1. The molecule has 0 saturated heterocycles. The van der Waals surface area contributed by atoms with Gasteiger partial charge in [-0.3, -0.25) is 0 Å². The molecule has 0 atom stereocenters. The van der Waals surface area contributed by atoms with E-state index in [-0.39, 0.29) is 0 Å². The Labute approximate surface area is 194 Å². The van der Waals surface area contributed by atoms with E-state index in [0.717, 1.165) is 5.54 Å². The molecule has 0 unspecified atom stereocenters. The summed E-state index contributed by atoms with van der Waals surface area (Å²) in [7, 11) is -2.25. The van der Waals surface area contributed by atoms with Crippen molar-refractivity contribution in [2.24, 2.45) is 0 Å². The van der Waals surface area contributed by atoms with Crippen LogP contribution in [-0.4, -0.2) is 16.9 Å². The third kappa shape index (κ3) is 2.06. The minimum absolute atomic E-state index is 0.731. The van der Waals surface area contributed by atoms with E-state index in [4.69, 9.17) is 0 Å². The van der Waals surface area contributed by atoms with Gasteiger partial charge in [0.1, 0.15) is 0 Å². The van der Waals surface area contributed by atoms with E-state index in [2.05, 4.69) is 99.9 Å². The van der Waals surface area contributed by atoms with Gasteiger partial charge in [-0.2, -0.15) is 0 Å². The molecule has 2 aliphatic rings. The van der Waals surface area contributed by atoms with Crippen LogP contribution in [0, 0.1) is 0 Å². The summed E-state index contributed by atoms with van der Waals surface area (Å²) in [6.45, 7) is 2.67. The molecule has 0 N–H and O–H groups in total. The van der Waals surface area contributed by atoms with Gasteiger partial charge >= 0.3 is 0 Å². The van der Waals surface area contributed by atoms with E-state index in [9.17, 15) is 0 Å². The number of benzene rings is 4. The van der Waals surface area contributed by atoms with Gasteiger partial charge in [-0.05, 0) is 12.1 Å². The average Bonchev–Trinajstić information content (AvgIpc) is 3.57. The topological polar surface area (TPSA) is 9.86 Å². The summed E-state index contributed by atoms with van der Waals surface area (Å²) in [5, 5.41) is 5.62. The molecule has 4 aromatic carbocycles. The maximum absolute atomic E-state index is 2.87. The lowest BCUT2D eigenvalue weighted by Crippen LogP contribution is -2.51. The number of para-hydroxylation sites is 4. The quantitative estimate of drug-likeness (QED) is 0.227. The van der Waals surface area contributed by atoms with Crippen LogP contribution in [0.2, 0.25) is 12.1 Å². The summed E-state index contributed by atoms with van der Waals surface area (Å²) < 4.78 is 5.74. The Balaban J connectivity index is 1.72. The minimum Gasteiger partial charge on any atom is -0.476 e. The number of aromatic nitrogens is 2. The first-order chi connectivity index (χ1) is 16.3. The van der Waals surface area contributed by atoms with Crippen molar-refractivity contribution in [3.63, 3.8) is 0 Å². The summed E-state index contributed by atoms with van der Waals surface area (Å²) in [4.78, 5) is 0. The van der Waals surface area contributed by atoms with Crippen LogP contribution in [0.4, 0.5) is 0 Å². The molecule has 0 bridgehead atoms. The predicted octanol–water partition coefficient (Wildman–Crippen LogP) is 8.30. The Bertz CT molecular complexity index is 1630. The van der Waals surface area contributed by atoms with E-state index in [1.807, 2.05) is 0 Å². The van der Waals surface area contributed by atoms with Crippen molar-refractivity contribution in [1.29, 1.82) is 0 Å². The second-order valence-electron chi connectivity index (χ2n) is 10.2. The fraction of sp³-hybridized carbons (Fsp3) is 0.200. The molecule has 2 nitrogen and oxygen atoms in total. The molecular formula is C30H26N2Si-. The van der Waals surface area contributed by atoms with Gasteiger partial charge in [0.05, 0.1) is 8.40 Å². The van der Waals surface area contributed by atoms with E-state index in [0.29, 0.717) is 0 Å². The molecule has 1 aliphatic carbocycles. The zero-order valence-electron chi connectivity index (χ0n) is 18.9. The van der Waals surface area contributed by atoms with Crippen LogP contribution in [0.25, 0.3) is 54.7 Å². The lowest BCUT2D eigenvalue weighted by Gasteiger charge is -2.50. The monoisotopic (exact) mass is 442 g/mol. The first-order valence-electron chi connectivity index (χ1n) is 12.3. The van der Waals surface area contributed by atoms with Gasteiger partial charge in [0.2, 0.25) is 0 Å². The average molecular weight is 443 g/mol. The smallest absolute Gasteiger partial charge is 0.0685 e. The molecule has 3 heterocycles. The van der Waals surface area contributed by atoms with Crippen molar-refractivity contribution in [3.05, 3.63) is 84.9 Å². The van der Waals surface area contributed by atoms with Crippen molar-refractivity contribution >= 4 is 52.0 Å². The summed E-state index contributed by atoms with van der Waals surface area (Å²) in [6.07, 6.45) is 5.41. The molecule has 0 amide bonds. The third-order valence-corrected chi connectivity index (χ3v) is 13.6. The molecule has 8 rings (SSSR count). The molecule has 1 aliphatic heterocycles. The number of fused-ring (bicyclic) bond motifs is 7. The van der Waals surface area contributed by atoms with E-state index in [1.54, 1.807) is 0 Å². The van der Waals surface area contributed by atoms with Crippen LogP contribution >= 0.6 is 0 Å². The maximum atomic E-state index is 2.87. The minimum atomic E-state index is -2.25. The first-order valence-corrected chi connectivity index (χ1v) is 14.8. The van der Waals surface area contributed by atoms with Gasteiger partial charge in [0.15, 0.2) is 0 Å². The molecule has 6 aromatic rings. The van der Waals surface area contributed by atoms with Crippen molar-refractivity contribution in [2.75, 3.05) is 0 Å². The van der Waals surface area contributed by atoms with Crippen molar-refractivity contribution in [3.8, 4) is 11.1 Å². The third-order valence-electron chi connectivity index (χ3n) is 8.71. The lowest BCUT2D eigenvalue weighted by molar-refractivity contribution is 0.792.